The first kappa shape index (κ1) is 16.8. The molecule has 4 rings (SSSR count). The van der Waals surface area contributed by atoms with Gasteiger partial charge in [0.1, 0.15) is 17.4 Å². The van der Waals surface area contributed by atoms with Crippen LogP contribution in [0.25, 0.3) is 0 Å². The molecule has 1 aromatic carbocycles. The van der Waals surface area contributed by atoms with Crippen molar-refractivity contribution < 1.29 is 9.90 Å². The van der Waals surface area contributed by atoms with Gasteiger partial charge in [0.25, 0.3) is 5.91 Å². The molecule has 0 bridgehead atoms. The highest BCUT2D eigenvalue weighted by Gasteiger charge is 2.26. The Labute approximate surface area is 153 Å². The molecule has 2 N–H and O–H groups in total. The van der Waals surface area contributed by atoms with Crippen molar-refractivity contribution in [3.8, 4) is 5.75 Å². The van der Waals surface area contributed by atoms with Gasteiger partial charge in [0.15, 0.2) is 0 Å². The largest absolute Gasteiger partial charge is 0.507 e. The molecule has 0 spiro atoms. The van der Waals surface area contributed by atoms with Gasteiger partial charge in [0.2, 0.25) is 0 Å². The van der Waals surface area contributed by atoms with Crippen LogP contribution in [0.1, 0.15) is 54.2 Å². The molecule has 136 valence electrons. The molecule has 1 amide bonds. The van der Waals surface area contributed by atoms with Gasteiger partial charge in [-0.25, -0.2) is 9.97 Å². The van der Waals surface area contributed by atoms with Crippen LogP contribution in [-0.4, -0.2) is 45.0 Å². The van der Waals surface area contributed by atoms with Gasteiger partial charge in [-0.05, 0) is 43.9 Å². The van der Waals surface area contributed by atoms with E-state index in [0.717, 1.165) is 24.5 Å². The van der Waals surface area contributed by atoms with Gasteiger partial charge in [-0.15, -0.1) is 0 Å². The molecule has 6 heteroatoms. The fourth-order valence-electron chi connectivity index (χ4n) is 3.58. The number of carbonyl (C=O) groups is 1. The molecule has 2 aliphatic rings. The molecular formula is C20H24N4O2. The minimum absolute atomic E-state index is 0.0438. The minimum Gasteiger partial charge on any atom is -0.507 e. The number of hydrogen-bond acceptors (Lipinski definition) is 5. The van der Waals surface area contributed by atoms with Crippen molar-refractivity contribution in [2.45, 2.75) is 44.1 Å². The van der Waals surface area contributed by atoms with E-state index in [4.69, 9.17) is 0 Å². The second-order valence-electron chi connectivity index (χ2n) is 7.16. The Morgan fingerprint density at radius 2 is 1.88 bits per heavy atom. The molecule has 0 unspecified atom stereocenters. The monoisotopic (exact) mass is 352 g/mol. The molecule has 0 radical (unpaired) electrons. The summed E-state index contributed by atoms with van der Waals surface area (Å²) in [5.74, 6) is 2.30. The zero-order valence-corrected chi connectivity index (χ0v) is 14.8. The number of nitrogens with zero attached hydrogens (tertiary/aromatic N) is 3. The zero-order chi connectivity index (χ0) is 17.9. The number of rotatable bonds is 4. The zero-order valence-electron chi connectivity index (χ0n) is 14.8. The molecule has 1 aliphatic heterocycles. The standard InChI is InChI=1S/C20H24N4O2/c25-17-7-2-1-6-16(17)20(26)24-12-9-15(10-13-24)22-18-8-11-21-19(23-18)14-4-3-5-14/h1-2,6-8,11,14-15,25H,3-5,9-10,12-13H2,(H,21,22,23). The summed E-state index contributed by atoms with van der Waals surface area (Å²) in [4.78, 5) is 23.5. The Hall–Kier alpha value is -2.63. The number of piperidine rings is 1. The molecule has 1 aliphatic carbocycles. The van der Waals surface area contributed by atoms with E-state index in [1.807, 2.05) is 17.2 Å². The van der Waals surface area contributed by atoms with Gasteiger partial charge in [-0.1, -0.05) is 18.6 Å². The summed E-state index contributed by atoms with van der Waals surface area (Å²) in [5, 5.41) is 13.4. The number of carbonyl (C=O) groups excluding carboxylic acids is 1. The van der Waals surface area contributed by atoms with Gasteiger partial charge < -0.3 is 15.3 Å². The lowest BCUT2D eigenvalue weighted by Gasteiger charge is -2.33. The van der Waals surface area contributed by atoms with Crippen LogP contribution in [0.15, 0.2) is 36.5 Å². The van der Waals surface area contributed by atoms with E-state index in [0.29, 0.717) is 30.6 Å². The Bertz CT molecular complexity index is 783. The van der Waals surface area contributed by atoms with Crippen molar-refractivity contribution >= 4 is 11.7 Å². The second kappa shape index (κ2) is 7.32. The number of hydrogen-bond donors (Lipinski definition) is 2. The number of benzene rings is 1. The molecule has 26 heavy (non-hydrogen) atoms. The maximum atomic E-state index is 12.6. The van der Waals surface area contributed by atoms with Crippen molar-refractivity contribution in [1.82, 2.24) is 14.9 Å². The highest BCUT2D eigenvalue weighted by atomic mass is 16.3. The summed E-state index contributed by atoms with van der Waals surface area (Å²) in [5.41, 5.74) is 0.375. The fraction of sp³-hybridized carbons (Fsp3) is 0.450. The van der Waals surface area contributed by atoms with Gasteiger partial charge >= 0.3 is 0 Å². The first-order valence-corrected chi connectivity index (χ1v) is 9.37. The Morgan fingerprint density at radius 3 is 2.58 bits per heavy atom. The third kappa shape index (κ3) is 3.49. The van der Waals surface area contributed by atoms with Crippen molar-refractivity contribution in [1.29, 1.82) is 0 Å². The lowest BCUT2D eigenvalue weighted by Crippen LogP contribution is -2.42. The average Bonchev–Trinajstić information content (AvgIpc) is 2.61. The summed E-state index contributed by atoms with van der Waals surface area (Å²) >= 11 is 0. The van der Waals surface area contributed by atoms with E-state index in [1.54, 1.807) is 24.3 Å². The number of aromatic nitrogens is 2. The van der Waals surface area contributed by atoms with Crippen LogP contribution in [0.2, 0.25) is 0 Å². The molecule has 0 atom stereocenters. The number of aromatic hydroxyl groups is 1. The average molecular weight is 352 g/mol. The van der Waals surface area contributed by atoms with Gasteiger partial charge in [-0.3, -0.25) is 4.79 Å². The summed E-state index contributed by atoms with van der Waals surface area (Å²) < 4.78 is 0. The van der Waals surface area contributed by atoms with Crippen LogP contribution in [0.5, 0.6) is 5.75 Å². The number of nitrogens with one attached hydrogen (secondary N) is 1. The smallest absolute Gasteiger partial charge is 0.257 e. The molecule has 2 aromatic rings. The number of phenolic OH excluding ortho intramolecular Hbond substituents is 1. The minimum atomic E-state index is -0.101. The summed E-state index contributed by atoms with van der Waals surface area (Å²) in [6.45, 7) is 1.34. The molecule has 1 saturated carbocycles. The fourth-order valence-corrected chi connectivity index (χ4v) is 3.58. The lowest BCUT2D eigenvalue weighted by molar-refractivity contribution is 0.0715. The summed E-state index contributed by atoms with van der Waals surface area (Å²) in [6, 6.07) is 8.94. The quantitative estimate of drug-likeness (QED) is 0.884. The number of phenols is 1. The molecule has 1 saturated heterocycles. The molecular weight excluding hydrogens is 328 g/mol. The van der Waals surface area contributed by atoms with E-state index in [-0.39, 0.29) is 11.7 Å². The van der Waals surface area contributed by atoms with Gasteiger partial charge in [0, 0.05) is 31.2 Å². The van der Waals surface area contributed by atoms with Crippen LogP contribution >= 0.6 is 0 Å². The van der Waals surface area contributed by atoms with Crippen LogP contribution in [-0.2, 0) is 0 Å². The maximum Gasteiger partial charge on any atom is 0.257 e. The molecule has 6 nitrogen and oxygen atoms in total. The molecule has 1 aromatic heterocycles. The number of anilines is 1. The van der Waals surface area contributed by atoms with E-state index in [9.17, 15) is 9.90 Å². The van der Waals surface area contributed by atoms with E-state index in [1.165, 1.54) is 19.3 Å². The molecule has 2 fully saturated rings. The summed E-state index contributed by atoms with van der Waals surface area (Å²) in [6.07, 6.45) is 7.21. The maximum absolute atomic E-state index is 12.6. The third-order valence-corrected chi connectivity index (χ3v) is 5.41. The van der Waals surface area contributed by atoms with Crippen molar-refractivity contribution in [2.75, 3.05) is 18.4 Å². The van der Waals surface area contributed by atoms with Crippen molar-refractivity contribution in [3.05, 3.63) is 47.9 Å². The van der Waals surface area contributed by atoms with Gasteiger partial charge in [-0.2, -0.15) is 0 Å². The van der Waals surface area contributed by atoms with Crippen LogP contribution in [0.4, 0.5) is 5.82 Å². The topological polar surface area (TPSA) is 78.4 Å². The van der Waals surface area contributed by atoms with Crippen LogP contribution in [0.3, 0.4) is 0 Å². The second-order valence-corrected chi connectivity index (χ2v) is 7.16. The van der Waals surface area contributed by atoms with Crippen molar-refractivity contribution in [2.24, 2.45) is 0 Å². The predicted molar refractivity (Wildman–Crippen MR) is 99.3 cm³/mol. The Morgan fingerprint density at radius 1 is 1.12 bits per heavy atom. The highest BCUT2D eigenvalue weighted by molar-refractivity contribution is 5.96. The van der Waals surface area contributed by atoms with Crippen molar-refractivity contribution in [3.63, 3.8) is 0 Å². The predicted octanol–water partition coefficient (Wildman–Crippen LogP) is 3.17. The van der Waals surface area contributed by atoms with Gasteiger partial charge in [0.05, 0.1) is 5.56 Å². The Kier molecular flexibility index (Phi) is 4.73. The Balaban J connectivity index is 1.34. The first-order valence-electron chi connectivity index (χ1n) is 9.37. The molecule has 2 heterocycles. The summed E-state index contributed by atoms with van der Waals surface area (Å²) in [7, 11) is 0. The van der Waals surface area contributed by atoms with Crippen LogP contribution in [0, 0.1) is 0 Å². The van der Waals surface area contributed by atoms with E-state index in [2.05, 4.69) is 15.3 Å². The third-order valence-electron chi connectivity index (χ3n) is 5.41. The first-order chi connectivity index (χ1) is 12.7. The van der Waals surface area contributed by atoms with E-state index >= 15 is 0 Å². The van der Waals surface area contributed by atoms with E-state index < -0.39 is 0 Å². The number of amides is 1. The SMILES string of the molecule is O=C(c1ccccc1O)N1CCC(Nc2ccnc(C3CCC3)n2)CC1. The van der Waals surface area contributed by atoms with Crippen LogP contribution < -0.4 is 5.32 Å². The number of likely N-dealkylation sites (tertiary alicyclic amines) is 1. The number of para-hydroxylation sites is 1. The highest BCUT2D eigenvalue weighted by Crippen LogP contribution is 2.34. The normalized spacial score (nSPS) is 18.4. The lowest BCUT2D eigenvalue weighted by atomic mass is 9.85.